The standard InChI is InChI=1S/C10H15N3O4S2/c11-12-9-3-1-2-4-10(9)19(16,17)13-5-7-18(14,15)8-6-13/h1-4,12H,5-8,11H2. The van der Waals surface area contributed by atoms with Crippen LogP contribution >= 0.6 is 0 Å². The number of hydrogen-bond acceptors (Lipinski definition) is 6. The molecule has 0 amide bonds. The fourth-order valence-electron chi connectivity index (χ4n) is 1.89. The Bertz CT molecular complexity index is 656. The molecule has 1 aromatic rings. The molecule has 0 bridgehead atoms. The maximum absolute atomic E-state index is 12.4. The molecule has 9 heteroatoms. The molecule has 19 heavy (non-hydrogen) atoms. The molecule has 7 nitrogen and oxygen atoms in total. The summed E-state index contributed by atoms with van der Waals surface area (Å²) in [5.41, 5.74) is 2.62. The smallest absolute Gasteiger partial charge is 0.245 e. The Morgan fingerprint density at radius 1 is 1.16 bits per heavy atom. The first-order valence-corrected chi connectivity index (χ1v) is 8.89. The molecule has 1 aliphatic rings. The molecule has 1 fully saturated rings. The van der Waals surface area contributed by atoms with Crippen LogP contribution in [0.15, 0.2) is 29.2 Å². The number of nitrogens with zero attached hydrogens (tertiary/aromatic N) is 1. The quantitative estimate of drug-likeness (QED) is 0.569. The minimum atomic E-state index is -3.73. The van der Waals surface area contributed by atoms with Crippen molar-refractivity contribution in [3.05, 3.63) is 24.3 Å². The maximum Gasteiger partial charge on any atom is 0.245 e. The first-order chi connectivity index (χ1) is 8.87. The third-order valence-electron chi connectivity index (χ3n) is 2.96. The fourth-order valence-corrected chi connectivity index (χ4v) is 4.92. The van der Waals surface area contributed by atoms with Crippen molar-refractivity contribution in [2.45, 2.75) is 4.90 Å². The van der Waals surface area contributed by atoms with Crippen molar-refractivity contribution in [1.82, 2.24) is 4.31 Å². The maximum atomic E-state index is 12.4. The van der Waals surface area contributed by atoms with Gasteiger partial charge in [-0.2, -0.15) is 4.31 Å². The van der Waals surface area contributed by atoms with Gasteiger partial charge in [0.15, 0.2) is 9.84 Å². The highest BCUT2D eigenvalue weighted by molar-refractivity contribution is 7.92. The van der Waals surface area contributed by atoms with Crippen molar-refractivity contribution >= 4 is 25.5 Å². The van der Waals surface area contributed by atoms with Crippen LogP contribution in [0.5, 0.6) is 0 Å². The van der Waals surface area contributed by atoms with Crippen molar-refractivity contribution in [1.29, 1.82) is 0 Å². The highest BCUT2D eigenvalue weighted by atomic mass is 32.2. The Kier molecular flexibility index (Phi) is 3.81. The number of rotatable bonds is 3. The van der Waals surface area contributed by atoms with E-state index in [2.05, 4.69) is 5.43 Å². The molecular formula is C10H15N3O4S2. The molecule has 3 N–H and O–H groups in total. The number of nitrogens with two attached hydrogens (primary N) is 1. The zero-order valence-electron chi connectivity index (χ0n) is 10.1. The van der Waals surface area contributed by atoms with Crippen LogP contribution in [0.4, 0.5) is 5.69 Å². The minimum absolute atomic E-state index is 0.0242. The Morgan fingerprint density at radius 2 is 1.74 bits per heavy atom. The summed E-state index contributed by atoms with van der Waals surface area (Å²) in [6.07, 6.45) is 0. The molecule has 1 saturated heterocycles. The van der Waals surface area contributed by atoms with Gasteiger partial charge in [-0.25, -0.2) is 16.8 Å². The second kappa shape index (κ2) is 5.08. The number of nitrogens with one attached hydrogen (secondary N) is 1. The molecule has 106 valence electrons. The van der Waals surface area contributed by atoms with E-state index in [0.29, 0.717) is 0 Å². The summed E-state index contributed by atoms with van der Waals surface area (Å²) in [6, 6.07) is 6.24. The Morgan fingerprint density at radius 3 is 2.32 bits per heavy atom. The van der Waals surface area contributed by atoms with Crippen LogP contribution in [0, 0.1) is 0 Å². The van der Waals surface area contributed by atoms with Crippen LogP contribution in [0.3, 0.4) is 0 Å². The molecule has 0 saturated carbocycles. The Hall–Kier alpha value is -1.16. The lowest BCUT2D eigenvalue weighted by Gasteiger charge is -2.26. The first kappa shape index (κ1) is 14.3. The molecule has 0 unspecified atom stereocenters. The van der Waals surface area contributed by atoms with Gasteiger partial charge < -0.3 is 5.43 Å². The molecule has 0 aliphatic carbocycles. The van der Waals surface area contributed by atoms with Gasteiger partial charge in [-0.1, -0.05) is 12.1 Å². The predicted molar refractivity (Wildman–Crippen MR) is 71.7 cm³/mol. The Balaban J connectivity index is 2.33. The van der Waals surface area contributed by atoms with E-state index in [9.17, 15) is 16.8 Å². The zero-order valence-corrected chi connectivity index (χ0v) is 11.7. The van der Waals surface area contributed by atoms with Crippen molar-refractivity contribution in [2.24, 2.45) is 5.84 Å². The van der Waals surface area contributed by atoms with Crippen LogP contribution in [0.25, 0.3) is 0 Å². The SMILES string of the molecule is NNc1ccccc1S(=O)(=O)N1CCS(=O)(=O)CC1. The number of hydrogen-bond donors (Lipinski definition) is 2. The number of sulfonamides is 1. The normalized spacial score (nSPS) is 20.1. The summed E-state index contributed by atoms with van der Waals surface area (Å²) in [4.78, 5) is 0.0526. The van der Waals surface area contributed by atoms with E-state index in [1.807, 2.05) is 0 Å². The topological polar surface area (TPSA) is 110 Å². The monoisotopic (exact) mass is 305 g/mol. The number of sulfone groups is 1. The molecule has 1 heterocycles. The minimum Gasteiger partial charge on any atom is -0.323 e. The molecule has 2 rings (SSSR count). The lowest BCUT2D eigenvalue weighted by Crippen LogP contribution is -2.43. The van der Waals surface area contributed by atoms with E-state index in [-0.39, 0.29) is 35.2 Å². The second-order valence-corrected chi connectivity index (χ2v) is 8.41. The largest absolute Gasteiger partial charge is 0.323 e. The average molecular weight is 305 g/mol. The predicted octanol–water partition coefficient (Wildman–Crippen LogP) is -0.609. The van der Waals surface area contributed by atoms with Gasteiger partial charge in [-0.05, 0) is 12.1 Å². The van der Waals surface area contributed by atoms with Gasteiger partial charge in [0.2, 0.25) is 10.0 Å². The lowest BCUT2D eigenvalue weighted by molar-refractivity contribution is 0.431. The second-order valence-electron chi connectivity index (χ2n) is 4.20. The molecule has 0 aromatic heterocycles. The van der Waals surface area contributed by atoms with E-state index in [1.165, 1.54) is 10.4 Å². The third-order valence-corrected chi connectivity index (χ3v) is 6.53. The average Bonchev–Trinajstić information content (AvgIpc) is 2.38. The molecule has 1 aliphatic heterocycles. The van der Waals surface area contributed by atoms with Crippen LogP contribution in [0.1, 0.15) is 0 Å². The number of para-hydroxylation sites is 1. The molecule has 0 spiro atoms. The lowest BCUT2D eigenvalue weighted by atomic mass is 10.3. The van der Waals surface area contributed by atoms with Gasteiger partial charge in [0.1, 0.15) is 4.90 Å². The van der Waals surface area contributed by atoms with Crippen LogP contribution in [-0.2, 0) is 19.9 Å². The fraction of sp³-hybridized carbons (Fsp3) is 0.400. The Labute approximate surface area is 112 Å². The molecule has 0 atom stereocenters. The van der Waals surface area contributed by atoms with E-state index in [1.54, 1.807) is 18.2 Å². The third kappa shape index (κ3) is 2.89. The molecule has 0 radical (unpaired) electrons. The number of anilines is 1. The van der Waals surface area contributed by atoms with Crippen LogP contribution in [-0.4, -0.2) is 45.7 Å². The molecular weight excluding hydrogens is 290 g/mol. The van der Waals surface area contributed by atoms with Crippen LogP contribution < -0.4 is 11.3 Å². The molecule has 1 aromatic carbocycles. The van der Waals surface area contributed by atoms with Crippen molar-refractivity contribution in [2.75, 3.05) is 30.0 Å². The van der Waals surface area contributed by atoms with Crippen molar-refractivity contribution in [3.63, 3.8) is 0 Å². The summed E-state index contributed by atoms with van der Waals surface area (Å²) in [5, 5.41) is 0. The number of hydrazine groups is 1. The van der Waals surface area contributed by atoms with Gasteiger partial charge in [-0.15, -0.1) is 0 Å². The van der Waals surface area contributed by atoms with Crippen molar-refractivity contribution in [3.8, 4) is 0 Å². The number of benzene rings is 1. The summed E-state index contributed by atoms with van der Waals surface area (Å²) in [5.74, 6) is 4.99. The first-order valence-electron chi connectivity index (χ1n) is 5.63. The van der Waals surface area contributed by atoms with Gasteiger partial charge >= 0.3 is 0 Å². The van der Waals surface area contributed by atoms with Gasteiger partial charge in [0, 0.05) is 13.1 Å². The van der Waals surface area contributed by atoms with Gasteiger partial charge in [0.05, 0.1) is 17.2 Å². The highest BCUT2D eigenvalue weighted by Crippen LogP contribution is 2.24. The van der Waals surface area contributed by atoms with E-state index in [4.69, 9.17) is 5.84 Å². The van der Waals surface area contributed by atoms with Gasteiger partial charge in [0.25, 0.3) is 0 Å². The van der Waals surface area contributed by atoms with E-state index in [0.717, 1.165) is 0 Å². The summed E-state index contributed by atoms with van der Waals surface area (Å²) in [7, 11) is -6.85. The van der Waals surface area contributed by atoms with Crippen molar-refractivity contribution < 1.29 is 16.8 Å². The summed E-state index contributed by atoms with van der Waals surface area (Å²) < 4.78 is 48.7. The zero-order chi connectivity index (χ0) is 14.1. The van der Waals surface area contributed by atoms with E-state index < -0.39 is 19.9 Å². The highest BCUT2D eigenvalue weighted by Gasteiger charge is 2.32. The van der Waals surface area contributed by atoms with Gasteiger partial charge in [-0.3, -0.25) is 5.84 Å². The summed E-state index contributed by atoms with van der Waals surface area (Å²) >= 11 is 0. The number of nitrogen functional groups attached to an aromatic ring is 1. The summed E-state index contributed by atoms with van der Waals surface area (Å²) in [6.45, 7) is -0.0485. The van der Waals surface area contributed by atoms with E-state index >= 15 is 0 Å². The van der Waals surface area contributed by atoms with Crippen LogP contribution in [0.2, 0.25) is 0 Å².